The van der Waals surface area contributed by atoms with Crippen molar-refractivity contribution >= 4 is 5.91 Å². The number of carbonyl (C=O) groups is 1. The van der Waals surface area contributed by atoms with Crippen molar-refractivity contribution in [3.8, 4) is 5.75 Å². The van der Waals surface area contributed by atoms with Crippen molar-refractivity contribution in [2.75, 3.05) is 0 Å². The number of halogens is 1. The molecule has 1 amide bonds. The Bertz CT molecular complexity index is 701. The van der Waals surface area contributed by atoms with E-state index in [1.54, 1.807) is 12.1 Å². The van der Waals surface area contributed by atoms with Crippen LogP contribution in [0.25, 0.3) is 0 Å². The molecule has 0 spiro atoms. The smallest absolute Gasteiger partial charge is 0.224 e. The zero-order chi connectivity index (χ0) is 17.5. The third-order valence-electron chi connectivity index (χ3n) is 3.41. The van der Waals surface area contributed by atoms with E-state index in [2.05, 4.69) is 5.32 Å². The molecule has 0 saturated carbocycles. The lowest BCUT2D eigenvalue weighted by molar-refractivity contribution is -0.120. The van der Waals surface area contributed by atoms with Crippen molar-refractivity contribution in [3.63, 3.8) is 0 Å². The molecule has 5 heteroatoms. The van der Waals surface area contributed by atoms with Crippen LogP contribution in [0.4, 0.5) is 4.39 Å². The molecule has 2 N–H and O–H groups in total. The molecule has 2 rings (SSSR count). The Morgan fingerprint density at radius 1 is 1.21 bits per heavy atom. The standard InChI is InChI=1S/C19H22FNO3/c1-13(2)24-17-5-3-4-14(9-17)10-19(23)21-11-15-6-7-18(20)16(8-15)12-22/h3-9,13,22H,10-12H2,1-2H3,(H,21,23). The summed E-state index contributed by atoms with van der Waals surface area (Å²) in [6, 6.07) is 11.9. The van der Waals surface area contributed by atoms with Gasteiger partial charge in [0.15, 0.2) is 0 Å². The van der Waals surface area contributed by atoms with E-state index in [-0.39, 0.29) is 37.1 Å². The van der Waals surface area contributed by atoms with Gasteiger partial charge in [0.05, 0.1) is 19.1 Å². The molecule has 0 saturated heterocycles. The van der Waals surface area contributed by atoms with E-state index < -0.39 is 5.82 Å². The predicted molar refractivity (Wildman–Crippen MR) is 90.1 cm³/mol. The first-order valence-electron chi connectivity index (χ1n) is 7.88. The highest BCUT2D eigenvalue weighted by molar-refractivity contribution is 5.78. The van der Waals surface area contributed by atoms with Crippen LogP contribution in [0, 0.1) is 5.82 Å². The molecule has 0 unspecified atom stereocenters. The van der Waals surface area contributed by atoms with Gasteiger partial charge in [-0.2, -0.15) is 0 Å². The van der Waals surface area contributed by atoms with Gasteiger partial charge in [0.2, 0.25) is 5.91 Å². The number of carbonyl (C=O) groups excluding carboxylic acids is 1. The van der Waals surface area contributed by atoms with Crippen LogP contribution >= 0.6 is 0 Å². The number of nitrogens with one attached hydrogen (secondary N) is 1. The number of rotatable bonds is 7. The molecule has 0 aliphatic carbocycles. The van der Waals surface area contributed by atoms with Gasteiger partial charge in [0.1, 0.15) is 11.6 Å². The second-order valence-electron chi connectivity index (χ2n) is 5.85. The number of hydrogen-bond donors (Lipinski definition) is 2. The SMILES string of the molecule is CC(C)Oc1cccc(CC(=O)NCc2ccc(F)c(CO)c2)c1. The molecule has 0 atom stereocenters. The molecule has 0 aliphatic heterocycles. The second-order valence-corrected chi connectivity index (χ2v) is 5.85. The van der Waals surface area contributed by atoms with Crippen molar-refractivity contribution in [3.05, 3.63) is 65.0 Å². The van der Waals surface area contributed by atoms with Crippen molar-refractivity contribution < 1.29 is 19.0 Å². The van der Waals surface area contributed by atoms with Crippen LogP contribution in [-0.4, -0.2) is 17.1 Å². The highest BCUT2D eigenvalue weighted by Crippen LogP contribution is 2.15. The quantitative estimate of drug-likeness (QED) is 0.820. The molecule has 24 heavy (non-hydrogen) atoms. The Morgan fingerprint density at radius 2 is 2.00 bits per heavy atom. The molecule has 4 nitrogen and oxygen atoms in total. The van der Waals surface area contributed by atoms with Gasteiger partial charge >= 0.3 is 0 Å². The minimum absolute atomic E-state index is 0.0771. The molecular weight excluding hydrogens is 309 g/mol. The summed E-state index contributed by atoms with van der Waals surface area (Å²) in [6.45, 7) is 3.82. The Balaban J connectivity index is 1.91. The summed E-state index contributed by atoms with van der Waals surface area (Å²) in [7, 11) is 0. The predicted octanol–water partition coefficient (Wildman–Crippen LogP) is 2.96. The molecule has 0 aromatic heterocycles. The zero-order valence-corrected chi connectivity index (χ0v) is 13.9. The fourth-order valence-corrected chi connectivity index (χ4v) is 2.31. The molecule has 2 aromatic rings. The maximum Gasteiger partial charge on any atom is 0.224 e. The van der Waals surface area contributed by atoms with Gasteiger partial charge in [0, 0.05) is 12.1 Å². The number of ether oxygens (including phenoxy) is 1. The van der Waals surface area contributed by atoms with Gasteiger partial charge in [-0.05, 0) is 49.2 Å². The highest BCUT2D eigenvalue weighted by atomic mass is 19.1. The van der Waals surface area contributed by atoms with Crippen molar-refractivity contribution in [1.82, 2.24) is 5.32 Å². The Labute approximate surface area is 141 Å². The monoisotopic (exact) mass is 331 g/mol. The average Bonchev–Trinajstić information content (AvgIpc) is 2.53. The van der Waals surface area contributed by atoms with Crippen molar-refractivity contribution in [1.29, 1.82) is 0 Å². The summed E-state index contributed by atoms with van der Waals surface area (Å²) in [6.07, 6.45) is 0.317. The summed E-state index contributed by atoms with van der Waals surface area (Å²) in [4.78, 5) is 12.1. The van der Waals surface area contributed by atoms with Gasteiger partial charge in [-0.1, -0.05) is 18.2 Å². The molecule has 0 heterocycles. The van der Waals surface area contributed by atoms with Crippen LogP contribution in [0.3, 0.4) is 0 Å². The van der Waals surface area contributed by atoms with Gasteiger partial charge in [-0.15, -0.1) is 0 Å². The zero-order valence-electron chi connectivity index (χ0n) is 13.9. The maximum atomic E-state index is 13.3. The normalized spacial score (nSPS) is 10.7. The van der Waals surface area contributed by atoms with E-state index in [0.717, 1.165) is 16.9 Å². The largest absolute Gasteiger partial charge is 0.491 e. The second kappa shape index (κ2) is 8.45. The number of amides is 1. The first kappa shape index (κ1) is 17.9. The summed E-state index contributed by atoms with van der Waals surface area (Å²) in [5.41, 5.74) is 1.83. The van der Waals surface area contributed by atoms with E-state index in [1.165, 1.54) is 6.07 Å². The lowest BCUT2D eigenvalue weighted by Crippen LogP contribution is -2.24. The van der Waals surface area contributed by atoms with Crippen molar-refractivity contribution in [2.24, 2.45) is 0 Å². The van der Waals surface area contributed by atoms with Gasteiger partial charge in [0.25, 0.3) is 0 Å². The maximum absolute atomic E-state index is 13.3. The fourth-order valence-electron chi connectivity index (χ4n) is 2.31. The number of benzene rings is 2. The van der Waals surface area contributed by atoms with E-state index in [4.69, 9.17) is 9.84 Å². The van der Waals surface area contributed by atoms with Gasteiger partial charge in [-0.3, -0.25) is 4.79 Å². The van der Waals surface area contributed by atoms with Crippen LogP contribution in [-0.2, 0) is 24.4 Å². The van der Waals surface area contributed by atoms with Crippen LogP contribution in [0.5, 0.6) is 5.75 Å². The van der Waals surface area contributed by atoms with Gasteiger partial charge < -0.3 is 15.2 Å². The Kier molecular flexibility index (Phi) is 6.32. The molecular formula is C19H22FNO3. The summed E-state index contributed by atoms with van der Waals surface area (Å²) in [5.74, 6) is 0.155. The average molecular weight is 331 g/mol. The van der Waals surface area contributed by atoms with Crippen molar-refractivity contribution in [2.45, 2.75) is 39.5 Å². The van der Waals surface area contributed by atoms with Crippen LogP contribution in [0.1, 0.15) is 30.5 Å². The Morgan fingerprint density at radius 3 is 2.71 bits per heavy atom. The summed E-state index contributed by atoms with van der Waals surface area (Å²) >= 11 is 0. The van der Waals surface area contributed by atoms with E-state index >= 15 is 0 Å². The van der Waals surface area contributed by atoms with E-state index in [1.807, 2.05) is 38.1 Å². The Hall–Kier alpha value is -2.40. The lowest BCUT2D eigenvalue weighted by Gasteiger charge is -2.11. The molecule has 0 bridgehead atoms. The molecule has 128 valence electrons. The van der Waals surface area contributed by atoms with E-state index in [0.29, 0.717) is 0 Å². The fraction of sp³-hybridized carbons (Fsp3) is 0.316. The number of aliphatic hydroxyl groups excluding tert-OH is 1. The van der Waals surface area contributed by atoms with Crippen LogP contribution in [0.15, 0.2) is 42.5 Å². The third-order valence-corrected chi connectivity index (χ3v) is 3.41. The topological polar surface area (TPSA) is 58.6 Å². The molecule has 0 aliphatic rings. The summed E-state index contributed by atoms with van der Waals surface area (Å²) < 4.78 is 18.9. The highest BCUT2D eigenvalue weighted by Gasteiger charge is 2.07. The van der Waals surface area contributed by atoms with E-state index in [9.17, 15) is 9.18 Å². The molecule has 2 aromatic carbocycles. The number of hydrogen-bond acceptors (Lipinski definition) is 3. The first-order chi connectivity index (χ1) is 11.5. The summed E-state index contributed by atoms with van der Waals surface area (Å²) in [5, 5.41) is 11.9. The van der Waals surface area contributed by atoms with Crippen LogP contribution < -0.4 is 10.1 Å². The molecule has 0 fully saturated rings. The number of aliphatic hydroxyl groups is 1. The third kappa shape index (κ3) is 5.35. The first-order valence-corrected chi connectivity index (χ1v) is 7.88. The van der Waals surface area contributed by atoms with Gasteiger partial charge in [-0.25, -0.2) is 4.39 Å². The lowest BCUT2D eigenvalue weighted by atomic mass is 10.1. The molecule has 0 radical (unpaired) electrons. The minimum atomic E-state index is -0.449. The van der Waals surface area contributed by atoms with Crippen LogP contribution in [0.2, 0.25) is 0 Å². The minimum Gasteiger partial charge on any atom is -0.491 e.